The zero-order valence-corrected chi connectivity index (χ0v) is 12.9. The number of hydrogen-bond donors (Lipinski definition) is 1. The van der Waals surface area contributed by atoms with Gasteiger partial charge in [-0.25, -0.2) is 0 Å². The average Bonchev–Trinajstić information content (AvgIpc) is 2.41. The summed E-state index contributed by atoms with van der Waals surface area (Å²) in [6.45, 7) is 3.79. The van der Waals surface area contributed by atoms with E-state index in [0.29, 0.717) is 32.6 Å². The molecule has 0 saturated carbocycles. The quantitative estimate of drug-likeness (QED) is 0.927. The number of likely N-dealkylation sites (N-methyl/N-ethyl adjacent to an activating group) is 1. The molecule has 0 spiro atoms. The van der Waals surface area contributed by atoms with Crippen molar-refractivity contribution in [3.8, 4) is 0 Å². The number of halogens is 1. The Morgan fingerprint density at radius 1 is 1.30 bits per heavy atom. The summed E-state index contributed by atoms with van der Waals surface area (Å²) in [6, 6.07) is 8.21. The highest BCUT2D eigenvalue weighted by molar-refractivity contribution is 5.86. The van der Waals surface area contributed by atoms with Gasteiger partial charge in [0.05, 0.1) is 5.54 Å². The third-order valence-corrected chi connectivity index (χ3v) is 3.70. The molecule has 1 saturated heterocycles. The molecule has 0 unspecified atom stereocenters. The zero-order chi connectivity index (χ0) is 13.9. The van der Waals surface area contributed by atoms with Gasteiger partial charge in [-0.15, -0.1) is 12.4 Å². The lowest BCUT2D eigenvalue weighted by atomic mass is 9.89. The largest absolute Gasteiger partial charge is 0.381 e. The molecule has 5 heteroatoms. The predicted octanol–water partition coefficient (Wildman–Crippen LogP) is 1.88. The van der Waals surface area contributed by atoms with E-state index < -0.39 is 5.54 Å². The van der Waals surface area contributed by atoms with Gasteiger partial charge >= 0.3 is 0 Å². The number of hydrogen-bond acceptors (Lipinski definition) is 3. The summed E-state index contributed by atoms with van der Waals surface area (Å²) in [5, 5.41) is 0. The lowest BCUT2D eigenvalue weighted by molar-refractivity contribution is -0.139. The molecule has 1 fully saturated rings. The highest BCUT2D eigenvalue weighted by Gasteiger charge is 2.37. The summed E-state index contributed by atoms with van der Waals surface area (Å²) in [7, 11) is 1.81. The summed E-state index contributed by atoms with van der Waals surface area (Å²) < 4.78 is 5.28. The predicted molar refractivity (Wildman–Crippen MR) is 81.9 cm³/mol. The number of nitrogens with zero attached hydrogens (tertiary/aromatic N) is 1. The van der Waals surface area contributed by atoms with Crippen LogP contribution in [-0.4, -0.2) is 36.6 Å². The fourth-order valence-electron chi connectivity index (χ4n) is 2.37. The molecule has 1 aliphatic rings. The van der Waals surface area contributed by atoms with Crippen molar-refractivity contribution < 1.29 is 9.53 Å². The maximum Gasteiger partial charge on any atom is 0.242 e. The van der Waals surface area contributed by atoms with Crippen molar-refractivity contribution in [3.63, 3.8) is 0 Å². The molecule has 1 aromatic rings. The Hall–Kier alpha value is -1.10. The minimum Gasteiger partial charge on any atom is -0.381 e. The first-order chi connectivity index (χ1) is 9.01. The first-order valence-electron chi connectivity index (χ1n) is 6.69. The molecule has 0 bridgehead atoms. The molecule has 1 heterocycles. The lowest BCUT2D eigenvalue weighted by Crippen LogP contribution is -2.57. The first kappa shape index (κ1) is 17.0. The SMILES string of the molecule is Cc1ccc(CN(C)C(=O)C2(N)CCOCC2)cc1.Cl. The standard InChI is InChI=1S/C15H22N2O2.ClH/c1-12-3-5-13(6-4-12)11-17(2)14(18)15(16)7-9-19-10-8-15;/h3-6H,7-11,16H2,1-2H3;1H. The monoisotopic (exact) mass is 298 g/mol. The van der Waals surface area contributed by atoms with Gasteiger partial charge in [0, 0.05) is 26.8 Å². The molecule has 1 aromatic carbocycles. The van der Waals surface area contributed by atoms with E-state index in [4.69, 9.17) is 10.5 Å². The average molecular weight is 299 g/mol. The van der Waals surface area contributed by atoms with Gasteiger partial charge in [-0.1, -0.05) is 29.8 Å². The first-order valence-corrected chi connectivity index (χ1v) is 6.69. The van der Waals surface area contributed by atoms with Crippen molar-refractivity contribution in [2.75, 3.05) is 20.3 Å². The van der Waals surface area contributed by atoms with Crippen LogP contribution in [0, 0.1) is 6.92 Å². The molecule has 112 valence electrons. The molecule has 2 N–H and O–H groups in total. The Bertz CT molecular complexity index is 442. The van der Waals surface area contributed by atoms with E-state index in [9.17, 15) is 4.79 Å². The molecule has 2 rings (SSSR count). The lowest BCUT2D eigenvalue weighted by Gasteiger charge is -2.35. The smallest absolute Gasteiger partial charge is 0.242 e. The van der Waals surface area contributed by atoms with Crippen LogP contribution >= 0.6 is 12.4 Å². The molecule has 1 amide bonds. The van der Waals surface area contributed by atoms with E-state index in [1.54, 1.807) is 4.90 Å². The maximum absolute atomic E-state index is 12.4. The summed E-state index contributed by atoms with van der Waals surface area (Å²) in [5.41, 5.74) is 7.80. The van der Waals surface area contributed by atoms with Crippen LogP contribution in [0.3, 0.4) is 0 Å². The molecule has 0 atom stereocenters. The number of nitrogens with two attached hydrogens (primary N) is 1. The number of aryl methyl sites for hydroxylation is 1. The van der Waals surface area contributed by atoms with Gasteiger partial charge in [-0.2, -0.15) is 0 Å². The van der Waals surface area contributed by atoms with Crippen LogP contribution in [0.4, 0.5) is 0 Å². The molecule has 0 aromatic heterocycles. The molecule has 1 aliphatic heterocycles. The van der Waals surface area contributed by atoms with Gasteiger partial charge in [0.25, 0.3) is 0 Å². The second-order valence-electron chi connectivity index (χ2n) is 5.42. The van der Waals surface area contributed by atoms with Crippen molar-refractivity contribution in [1.29, 1.82) is 0 Å². The van der Waals surface area contributed by atoms with Gasteiger partial charge in [-0.05, 0) is 25.3 Å². The minimum atomic E-state index is -0.752. The van der Waals surface area contributed by atoms with Crippen molar-refractivity contribution >= 4 is 18.3 Å². The highest BCUT2D eigenvalue weighted by Crippen LogP contribution is 2.21. The summed E-state index contributed by atoms with van der Waals surface area (Å²) in [4.78, 5) is 14.2. The van der Waals surface area contributed by atoms with Crippen LogP contribution in [0.25, 0.3) is 0 Å². The maximum atomic E-state index is 12.4. The van der Waals surface area contributed by atoms with Gasteiger partial charge < -0.3 is 15.4 Å². The van der Waals surface area contributed by atoms with Crippen molar-refractivity contribution in [2.24, 2.45) is 5.73 Å². The normalized spacial score (nSPS) is 17.1. The topological polar surface area (TPSA) is 55.6 Å². The van der Waals surface area contributed by atoms with Gasteiger partial charge in [-0.3, -0.25) is 4.79 Å². The summed E-state index contributed by atoms with van der Waals surface area (Å²) in [5.74, 6) is 0.0105. The number of carbonyl (C=O) groups excluding carboxylic acids is 1. The fraction of sp³-hybridized carbons (Fsp3) is 0.533. The number of rotatable bonds is 3. The van der Waals surface area contributed by atoms with Crippen molar-refractivity contribution in [3.05, 3.63) is 35.4 Å². The molecular formula is C15H23ClN2O2. The number of ether oxygens (including phenoxy) is 1. The van der Waals surface area contributed by atoms with Crippen LogP contribution in [0.2, 0.25) is 0 Å². The Kier molecular flexibility index (Phi) is 5.99. The number of benzene rings is 1. The van der Waals surface area contributed by atoms with Crippen molar-refractivity contribution in [2.45, 2.75) is 31.8 Å². The Morgan fingerprint density at radius 2 is 1.85 bits per heavy atom. The van der Waals surface area contributed by atoms with Crippen LogP contribution in [-0.2, 0) is 16.1 Å². The Morgan fingerprint density at radius 3 is 2.40 bits per heavy atom. The molecular weight excluding hydrogens is 276 g/mol. The highest BCUT2D eigenvalue weighted by atomic mass is 35.5. The molecule has 0 aliphatic carbocycles. The van der Waals surface area contributed by atoms with E-state index in [2.05, 4.69) is 19.1 Å². The van der Waals surface area contributed by atoms with Crippen LogP contribution in [0.15, 0.2) is 24.3 Å². The van der Waals surface area contributed by atoms with Crippen LogP contribution < -0.4 is 5.73 Å². The zero-order valence-electron chi connectivity index (χ0n) is 12.1. The van der Waals surface area contributed by atoms with Gasteiger partial charge in [0.15, 0.2) is 0 Å². The van der Waals surface area contributed by atoms with Crippen molar-refractivity contribution in [1.82, 2.24) is 4.90 Å². The van der Waals surface area contributed by atoms with Crippen LogP contribution in [0.1, 0.15) is 24.0 Å². The number of carbonyl (C=O) groups is 1. The van der Waals surface area contributed by atoms with Gasteiger partial charge in [0.2, 0.25) is 5.91 Å². The Labute approximate surface area is 126 Å². The molecule has 20 heavy (non-hydrogen) atoms. The minimum absolute atomic E-state index is 0. The number of amides is 1. The van der Waals surface area contributed by atoms with E-state index in [1.807, 2.05) is 19.2 Å². The Balaban J connectivity index is 0.00000200. The summed E-state index contributed by atoms with van der Waals surface area (Å²) in [6.07, 6.45) is 1.20. The second-order valence-corrected chi connectivity index (χ2v) is 5.42. The third-order valence-electron chi connectivity index (χ3n) is 3.70. The van der Waals surface area contributed by atoms with E-state index in [1.165, 1.54) is 5.56 Å². The molecule has 4 nitrogen and oxygen atoms in total. The van der Waals surface area contributed by atoms with Gasteiger partial charge in [0.1, 0.15) is 0 Å². The second kappa shape index (κ2) is 7.07. The van der Waals surface area contributed by atoms with Crippen LogP contribution in [0.5, 0.6) is 0 Å². The van der Waals surface area contributed by atoms with E-state index in [0.717, 1.165) is 5.56 Å². The fourth-order valence-corrected chi connectivity index (χ4v) is 2.37. The third kappa shape index (κ3) is 3.95. The summed E-state index contributed by atoms with van der Waals surface area (Å²) >= 11 is 0. The van der Waals surface area contributed by atoms with E-state index >= 15 is 0 Å². The van der Waals surface area contributed by atoms with E-state index in [-0.39, 0.29) is 18.3 Å². The molecule has 0 radical (unpaired) electrons.